The Kier molecular flexibility index (Phi) is 5.65. The molecule has 0 radical (unpaired) electrons. The van der Waals surface area contributed by atoms with Crippen molar-refractivity contribution in [1.82, 2.24) is 4.31 Å². The fraction of sp³-hybridized carbons (Fsp3) is 0.750. The van der Waals surface area contributed by atoms with Crippen LogP contribution < -0.4 is 0 Å². The van der Waals surface area contributed by atoms with Gasteiger partial charge in [0.05, 0.1) is 12.0 Å². The first-order valence-corrected chi connectivity index (χ1v) is 8.33. The van der Waals surface area contributed by atoms with Gasteiger partial charge in [0.2, 0.25) is 0 Å². The van der Waals surface area contributed by atoms with Gasteiger partial charge in [-0.05, 0) is 19.3 Å². The molecule has 1 rings (SSSR count). The topological polar surface area (TPSA) is 111 Å². The summed E-state index contributed by atoms with van der Waals surface area (Å²) in [4.78, 5) is 22.6. The summed E-state index contributed by atoms with van der Waals surface area (Å²) in [5.41, 5.74) is 0. The summed E-state index contributed by atoms with van der Waals surface area (Å²) in [5.74, 6) is -2.81. The van der Waals surface area contributed by atoms with Crippen molar-refractivity contribution in [2.24, 2.45) is 16.2 Å². The van der Waals surface area contributed by atoms with Gasteiger partial charge in [0.1, 0.15) is 15.8 Å². The van der Waals surface area contributed by atoms with Crippen LogP contribution in [0.2, 0.25) is 0 Å². The van der Waals surface area contributed by atoms with Crippen molar-refractivity contribution < 1.29 is 18.9 Å². The van der Waals surface area contributed by atoms with Crippen LogP contribution in [0, 0.1) is 23.2 Å². The van der Waals surface area contributed by atoms with E-state index in [1.165, 1.54) is 10.6 Å². The summed E-state index contributed by atoms with van der Waals surface area (Å²) in [6, 6.07) is 1.83. The maximum Gasteiger partial charge on any atom is 0.306 e. The monoisotopic (exact) mass is 301 g/mol. The molecule has 2 unspecified atom stereocenters. The van der Waals surface area contributed by atoms with Crippen LogP contribution in [0.1, 0.15) is 26.2 Å². The van der Waals surface area contributed by atoms with Gasteiger partial charge in [-0.25, -0.2) is 8.51 Å². The molecule has 0 aromatic heterocycles. The lowest BCUT2D eigenvalue weighted by Gasteiger charge is -2.30. The van der Waals surface area contributed by atoms with Gasteiger partial charge in [0.25, 0.3) is 5.91 Å². The maximum absolute atomic E-state index is 12.4. The van der Waals surface area contributed by atoms with Crippen LogP contribution in [0.3, 0.4) is 0 Å². The largest absolute Gasteiger partial charge is 0.481 e. The van der Waals surface area contributed by atoms with E-state index in [0.29, 0.717) is 32.4 Å². The first kappa shape index (κ1) is 16.6. The molecule has 0 spiro atoms. The van der Waals surface area contributed by atoms with E-state index in [0.717, 1.165) is 0 Å². The Morgan fingerprint density at radius 3 is 2.45 bits per heavy atom. The normalized spacial score (nSPS) is 21.4. The quantitative estimate of drug-likeness (QED) is 0.828. The fourth-order valence-electron chi connectivity index (χ4n) is 2.05. The molecule has 1 N–H and O–H groups in total. The third kappa shape index (κ3) is 4.02. The molecule has 20 heavy (non-hydrogen) atoms. The molecule has 0 aromatic carbocycles. The summed E-state index contributed by atoms with van der Waals surface area (Å²) in [5, 5.41) is 17.7. The zero-order valence-corrected chi connectivity index (χ0v) is 12.4. The van der Waals surface area contributed by atoms with Crippen LogP contribution in [0.4, 0.5) is 0 Å². The number of nitriles is 1. The summed E-state index contributed by atoms with van der Waals surface area (Å²) in [6.07, 6.45) is 2.46. The number of nitrogens with zero attached hydrogens (tertiary/aromatic N) is 3. The summed E-state index contributed by atoms with van der Waals surface area (Å²) < 4.78 is 17.7. The number of hydrogen-bond acceptors (Lipinski definition) is 4. The Hall–Kier alpha value is -1.46. The molecule has 1 amide bonds. The Labute approximate surface area is 118 Å². The highest BCUT2D eigenvalue weighted by Crippen LogP contribution is 2.20. The maximum atomic E-state index is 12.4. The number of amides is 1. The second kappa shape index (κ2) is 6.81. The number of piperidine rings is 1. The molecule has 1 saturated heterocycles. The Balaban J connectivity index is 2.80. The van der Waals surface area contributed by atoms with E-state index in [1.807, 2.05) is 6.07 Å². The highest BCUT2D eigenvalue weighted by Gasteiger charge is 2.29. The zero-order valence-electron chi connectivity index (χ0n) is 11.6. The molecule has 0 saturated carbocycles. The number of carboxylic acids is 1. The molecule has 112 valence electrons. The molecular formula is C12H19N3O4S. The second-order valence-corrected chi connectivity index (χ2v) is 7.05. The molecule has 2 atom stereocenters. The van der Waals surface area contributed by atoms with E-state index in [1.54, 1.807) is 6.92 Å². The van der Waals surface area contributed by atoms with Crippen LogP contribution in [0.25, 0.3) is 0 Å². The molecule has 8 heteroatoms. The van der Waals surface area contributed by atoms with Gasteiger partial charge < -0.3 is 5.11 Å². The zero-order chi connectivity index (χ0) is 15.3. The van der Waals surface area contributed by atoms with Crippen molar-refractivity contribution in [3.05, 3.63) is 0 Å². The van der Waals surface area contributed by atoms with Crippen LogP contribution in [-0.4, -0.2) is 44.8 Å². The fourth-order valence-corrected chi connectivity index (χ4v) is 3.52. The number of aliphatic carboxylic acids is 1. The van der Waals surface area contributed by atoms with Gasteiger partial charge >= 0.3 is 5.97 Å². The van der Waals surface area contributed by atoms with E-state index in [2.05, 4.69) is 4.36 Å². The van der Waals surface area contributed by atoms with E-state index in [9.17, 15) is 13.8 Å². The molecule has 1 heterocycles. The highest BCUT2D eigenvalue weighted by molar-refractivity contribution is 7.90. The molecule has 0 bridgehead atoms. The molecular weight excluding hydrogens is 282 g/mol. The van der Waals surface area contributed by atoms with Crippen molar-refractivity contribution >= 4 is 21.8 Å². The summed E-state index contributed by atoms with van der Waals surface area (Å²) in [6.45, 7) is 2.34. The molecule has 1 fully saturated rings. The van der Waals surface area contributed by atoms with E-state index < -0.39 is 33.6 Å². The van der Waals surface area contributed by atoms with Crippen LogP contribution in [-0.2, 0) is 19.5 Å². The Morgan fingerprint density at radius 1 is 1.50 bits per heavy atom. The summed E-state index contributed by atoms with van der Waals surface area (Å²) in [7, 11) is -2.88. The van der Waals surface area contributed by atoms with Crippen LogP contribution in [0.15, 0.2) is 4.36 Å². The molecule has 0 aromatic rings. The average Bonchev–Trinajstić information content (AvgIpc) is 2.39. The van der Waals surface area contributed by atoms with Crippen molar-refractivity contribution in [1.29, 1.82) is 5.26 Å². The van der Waals surface area contributed by atoms with E-state index >= 15 is 0 Å². The van der Waals surface area contributed by atoms with E-state index in [-0.39, 0.29) is 0 Å². The van der Waals surface area contributed by atoms with Gasteiger partial charge in [0.15, 0.2) is 0 Å². The Bertz CT molecular complexity index is 537. The third-order valence-corrected chi connectivity index (χ3v) is 5.25. The molecule has 1 aliphatic rings. The highest BCUT2D eigenvalue weighted by atomic mass is 32.2. The standard InChI is InChI=1S/C12H19N3O4S/c1-3-9(8-13)11(16)14-20(2,19)15-6-4-10(5-7-15)12(17)18/h9-10H,3-7H2,1-2H3,(H,17,18). The molecule has 0 aliphatic carbocycles. The SMILES string of the molecule is CCC(C#N)C(=O)N=S(C)(=O)N1CCC(C(=O)O)CC1. The average molecular weight is 301 g/mol. The predicted octanol–water partition coefficient (Wildman–Crippen LogP) is 0.872. The van der Waals surface area contributed by atoms with Crippen molar-refractivity contribution in [3.8, 4) is 6.07 Å². The van der Waals surface area contributed by atoms with Crippen LogP contribution >= 0.6 is 0 Å². The lowest BCUT2D eigenvalue weighted by Crippen LogP contribution is -2.40. The van der Waals surface area contributed by atoms with E-state index in [4.69, 9.17) is 10.4 Å². The Morgan fingerprint density at radius 2 is 2.05 bits per heavy atom. The first-order chi connectivity index (χ1) is 9.31. The van der Waals surface area contributed by atoms with Crippen molar-refractivity contribution in [2.75, 3.05) is 19.3 Å². The first-order valence-electron chi connectivity index (χ1n) is 6.45. The second-order valence-electron chi connectivity index (χ2n) is 4.82. The summed E-state index contributed by atoms with van der Waals surface area (Å²) >= 11 is 0. The minimum atomic E-state index is -2.88. The lowest BCUT2D eigenvalue weighted by molar-refractivity contribution is -0.143. The van der Waals surface area contributed by atoms with Crippen molar-refractivity contribution in [2.45, 2.75) is 26.2 Å². The van der Waals surface area contributed by atoms with Gasteiger partial charge in [-0.15, -0.1) is 4.36 Å². The predicted molar refractivity (Wildman–Crippen MR) is 72.8 cm³/mol. The number of hydrogen-bond donors (Lipinski definition) is 1. The minimum absolute atomic E-state index is 0.326. The number of carboxylic acid groups (broad SMARTS) is 1. The smallest absolute Gasteiger partial charge is 0.306 e. The van der Waals surface area contributed by atoms with Gasteiger partial charge in [-0.3, -0.25) is 9.59 Å². The number of carbonyl (C=O) groups excluding carboxylic acids is 1. The van der Waals surface area contributed by atoms with Gasteiger partial charge in [-0.2, -0.15) is 5.26 Å². The van der Waals surface area contributed by atoms with Gasteiger partial charge in [-0.1, -0.05) is 6.92 Å². The molecule has 7 nitrogen and oxygen atoms in total. The van der Waals surface area contributed by atoms with Gasteiger partial charge in [0, 0.05) is 19.3 Å². The van der Waals surface area contributed by atoms with Crippen LogP contribution in [0.5, 0.6) is 0 Å². The minimum Gasteiger partial charge on any atom is -0.481 e. The third-order valence-electron chi connectivity index (χ3n) is 3.40. The number of carbonyl (C=O) groups is 2. The lowest BCUT2D eigenvalue weighted by atomic mass is 9.99. The number of rotatable bonds is 4. The van der Waals surface area contributed by atoms with Crippen molar-refractivity contribution in [3.63, 3.8) is 0 Å². The molecule has 1 aliphatic heterocycles.